The molecule has 0 spiro atoms. The first-order valence-corrected chi connectivity index (χ1v) is 11.4. The highest BCUT2D eigenvalue weighted by molar-refractivity contribution is 7.89. The topological polar surface area (TPSA) is 93.0 Å². The standard InChI is InChI=1S/C20H25N3O5S/c1-3-5-15-12-17(21-28-15)18-6-4-9-23(18)29(25,26)16-7-8-19-20(13-16)27-11-10-22(19)14(2)24/h7-8,12-13,18H,3-6,9-11H2,1-2H3. The zero-order valence-electron chi connectivity index (χ0n) is 16.6. The minimum Gasteiger partial charge on any atom is -0.489 e. The number of hydrogen-bond donors (Lipinski definition) is 0. The molecular weight excluding hydrogens is 394 g/mol. The summed E-state index contributed by atoms with van der Waals surface area (Å²) in [7, 11) is -3.74. The molecule has 2 aliphatic heterocycles. The number of aromatic nitrogens is 1. The maximum absolute atomic E-state index is 13.4. The zero-order valence-corrected chi connectivity index (χ0v) is 17.4. The predicted molar refractivity (Wildman–Crippen MR) is 106 cm³/mol. The van der Waals surface area contributed by atoms with Gasteiger partial charge in [-0.2, -0.15) is 4.31 Å². The third kappa shape index (κ3) is 3.64. The van der Waals surface area contributed by atoms with Crippen LogP contribution in [0.15, 0.2) is 33.7 Å². The van der Waals surface area contributed by atoms with Gasteiger partial charge >= 0.3 is 0 Å². The summed E-state index contributed by atoms with van der Waals surface area (Å²) in [6, 6.07) is 6.23. The largest absolute Gasteiger partial charge is 0.489 e. The van der Waals surface area contributed by atoms with Crippen LogP contribution in [0.5, 0.6) is 5.75 Å². The number of carbonyl (C=O) groups excluding carboxylic acids is 1. The van der Waals surface area contributed by atoms with E-state index in [4.69, 9.17) is 9.26 Å². The molecule has 1 unspecified atom stereocenters. The number of amides is 1. The van der Waals surface area contributed by atoms with E-state index in [-0.39, 0.29) is 16.8 Å². The molecule has 156 valence electrons. The lowest BCUT2D eigenvalue weighted by Crippen LogP contribution is -2.36. The lowest BCUT2D eigenvalue weighted by Gasteiger charge is -2.29. The summed E-state index contributed by atoms with van der Waals surface area (Å²) in [5.41, 5.74) is 1.26. The van der Waals surface area contributed by atoms with Gasteiger partial charge in [-0.25, -0.2) is 8.42 Å². The van der Waals surface area contributed by atoms with Crippen molar-refractivity contribution >= 4 is 21.6 Å². The molecule has 0 radical (unpaired) electrons. The molecule has 2 aromatic rings. The first kappa shape index (κ1) is 19.9. The average Bonchev–Trinajstić information content (AvgIpc) is 3.36. The molecule has 2 aliphatic rings. The minimum absolute atomic E-state index is 0.0984. The van der Waals surface area contributed by atoms with E-state index < -0.39 is 10.0 Å². The van der Waals surface area contributed by atoms with E-state index in [1.807, 2.05) is 6.07 Å². The Balaban J connectivity index is 1.64. The minimum atomic E-state index is -3.74. The second-order valence-corrected chi connectivity index (χ2v) is 9.28. The SMILES string of the molecule is CCCc1cc(C2CCCN2S(=O)(=O)c2ccc3c(c2)OCCN3C(C)=O)no1. The Morgan fingerprint density at radius 1 is 1.28 bits per heavy atom. The molecule has 1 aromatic carbocycles. The van der Waals surface area contributed by atoms with E-state index in [0.29, 0.717) is 43.2 Å². The van der Waals surface area contributed by atoms with Crippen molar-refractivity contribution in [1.29, 1.82) is 0 Å². The van der Waals surface area contributed by atoms with Crippen molar-refractivity contribution in [2.24, 2.45) is 0 Å². The van der Waals surface area contributed by atoms with Crippen LogP contribution in [0.2, 0.25) is 0 Å². The summed E-state index contributed by atoms with van der Waals surface area (Å²) in [5, 5.41) is 4.12. The van der Waals surface area contributed by atoms with Crippen LogP contribution >= 0.6 is 0 Å². The van der Waals surface area contributed by atoms with E-state index in [1.165, 1.54) is 17.3 Å². The van der Waals surface area contributed by atoms with Gasteiger partial charge in [-0.1, -0.05) is 12.1 Å². The monoisotopic (exact) mass is 419 g/mol. The van der Waals surface area contributed by atoms with E-state index in [0.717, 1.165) is 25.0 Å². The number of carbonyl (C=O) groups is 1. The first-order chi connectivity index (χ1) is 13.9. The van der Waals surface area contributed by atoms with Gasteiger partial charge in [-0.05, 0) is 31.4 Å². The number of ether oxygens (including phenoxy) is 1. The van der Waals surface area contributed by atoms with E-state index in [2.05, 4.69) is 12.1 Å². The molecule has 3 heterocycles. The molecule has 4 rings (SSSR count). The summed E-state index contributed by atoms with van der Waals surface area (Å²) >= 11 is 0. The summed E-state index contributed by atoms with van der Waals surface area (Å²) in [6.45, 7) is 4.76. The van der Waals surface area contributed by atoms with Gasteiger partial charge in [0.05, 0.1) is 23.2 Å². The Morgan fingerprint density at radius 3 is 2.86 bits per heavy atom. The number of rotatable bonds is 5. The molecular formula is C20H25N3O5S. The number of aryl methyl sites for hydroxylation is 1. The Labute approximate surface area is 170 Å². The lowest BCUT2D eigenvalue weighted by atomic mass is 10.1. The quantitative estimate of drug-likeness (QED) is 0.740. The van der Waals surface area contributed by atoms with Gasteiger partial charge < -0.3 is 14.2 Å². The number of hydrogen-bond acceptors (Lipinski definition) is 6. The Hall–Kier alpha value is -2.39. The number of fused-ring (bicyclic) bond motifs is 1. The van der Waals surface area contributed by atoms with Gasteiger partial charge in [0, 0.05) is 32.0 Å². The van der Waals surface area contributed by atoms with Gasteiger partial charge in [-0.3, -0.25) is 4.79 Å². The normalized spacial score (nSPS) is 19.8. The second-order valence-electron chi connectivity index (χ2n) is 7.39. The molecule has 1 aromatic heterocycles. The zero-order chi connectivity index (χ0) is 20.6. The van der Waals surface area contributed by atoms with E-state index in [9.17, 15) is 13.2 Å². The summed E-state index contributed by atoms with van der Waals surface area (Å²) in [6.07, 6.45) is 3.19. The van der Waals surface area contributed by atoms with Crippen LogP contribution in [0.4, 0.5) is 5.69 Å². The smallest absolute Gasteiger partial charge is 0.243 e. The fraction of sp³-hybridized carbons (Fsp3) is 0.500. The molecule has 1 fully saturated rings. The highest BCUT2D eigenvalue weighted by Gasteiger charge is 2.38. The summed E-state index contributed by atoms with van der Waals surface area (Å²) in [5.74, 6) is 1.09. The van der Waals surface area contributed by atoms with Crippen molar-refractivity contribution in [3.05, 3.63) is 35.7 Å². The van der Waals surface area contributed by atoms with Crippen molar-refractivity contribution in [3.8, 4) is 5.75 Å². The predicted octanol–water partition coefficient (Wildman–Crippen LogP) is 2.90. The van der Waals surface area contributed by atoms with Crippen molar-refractivity contribution in [3.63, 3.8) is 0 Å². The van der Waals surface area contributed by atoms with Crippen LogP contribution in [-0.2, 0) is 21.2 Å². The molecule has 29 heavy (non-hydrogen) atoms. The van der Waals surface area contributed by atoms with Crippen molar-refractivity contribution in [2.75, 3.05) is 24.6 Å². The average molecular weight is 420 g/mol. The summed E-state index contributed by atoms with van der Waals surface area (Å²) in [4.78, 5) is 13.6. The second kappa shape index (κ2) is 7.79. The molecule has 1 atom stereocenters. The Morgan fingerprint density at radius 2 is 2.10 bits per heavy atom. The van der Waals surface area contributed by atoms with Crippen molar-refractivity contribution in [1.82, 2.24) is 9.46 Å². The molecule has 1 saturated heterocycles. The maximum Gasteiger partial charge on any atom is 0.243 e. The van der Waals surface area contributed by atoms with Crippen LogP contribution in [0.25, 0.3) is 0 Å². The fourth-order valence-corrected chi connectivity index (χ4v) is 5.68. The van der Waals surface area contributed by atoms with E-state index >= 15 is 0 Å². The van der Waals surface area contributed by atoms with Crippen LogP contribution in [-0.4, -0.2) is 43.5 Å². The van der Waals surface area contributed by atoms with Gasteiger partial charge in [0.1, 0.15) is 23.8 Å². The highest BCUT2D eigenvalue weighted by atomic mass is 32.2. The molecule has 0 bridgehead atoms. The van der Waals surface area contributed by atoms with Crippen LogP contribution in [0.3, 0.4) is 0 Å². The molecule has 0 saturated carbocycles. The molecule has 1 amide bonds. The molecule has 8 nitrogen and oxygen atoms in total. The number of anilines is 1. The molecule has 9 heteroatoms. The van der Waals surface area contributed by atoms with Gasteiger partial charge in [0.15, 0.2) is 0 Å². The number of nitrogens with zero attached hydrogens (tertiary/aromatic N) is 3. The van der Waals surface area contributed by atoms with Gasteiger partial charge in [-0.15, -0.1) is 0 Å². The van der Waals surface area contributed by atoms with Crippen LogP contribution in [0.1, 0.15) is 50.6 Å². The third-order valence-electron chi connectivity index (χ3n) is 5.40. The number of benzene rings is 1. The Kier molecular flexibility index (Phi) is 5.35. The van der Waals surface area contributed by atoms with Gasteiger partial charge in [0.25, 0.3) is 0 Å². The maximum atomic E-state index is 13.4. The van der Waals surface area contributed by atoms with Crippen molar-refractivity contribution < 1.29 is 22.5 Å². The first-order valence-electron chi connectivity index (χ1n) is 9.94. The van der Waals surface area contributed by atoms with Crippen LogP contribution < -0.4 is 9.64 Å². The lowest BCUT2D eigenvalue weighted by molar-refractivity contribution is -0.116. The number of sulfonamides is 1. The van der Waals surface area contributed by atoms with Gasteiger partial charge in [0.2, 0.25) is 15.9 Å². The molecule has 0 aliphatic carbocycles. The Bertz CT molecular complexity index is 1020. The molecule has 0 N–H and O–H groups in total. The summed E-state index contributed by atoms with van der Waals surface area (Å²) < 4.78 is 39.3. The highest BCUT2D eigenvalue weighted by Crippen LogP contribution is 2.39. The van der Waals surface area contributed by atoms with E-state index in [1.54, 1.807) is 17.0 Å². The van der Waals surface area contributed by atoms with Crippen LogP contribution in [0, 0.1) is 0 Å². The fourth-order valence-electron chi connectivity index (χ4n) is 4.00. The van der Waals surface area contributed by atoms with Crippen molar-refractivity contribution in [2.45, 2.75) is 50.5 Å². The third-order valence-corrected chi connectivity index (χ3v) is 7.30.